The molecule has 1 saturated heterocycles. The van der Waals surface area contributed by atoms with Gasteiger partial charge in [-0.2, -0.15) is 0 Å². The van der Waals surface area contributed by atoms with E-state index >= 15 is 0 Å². The van der Waals surface area contributed by atoms with Gasteiger partial charge in [-0.25, -0.2) is 4.98 Å². The summed E-state index contributed by atoms with van der Waals surface area (Å²) in [5.74, 6) is 1.76. The Morgan fingerprint density at radius 2 is 2.00 bits per heavy atom. The van der Waals surface area contributed by atoms with Gasteiger partial charge in [-0.15, -0.1) is 0 Å². The van der Waals surface area contributed by atoms with E-state index in [1.165, 1.54) is 0 Å². The van der Waals surface area contributed by atoms with E-state index in [2.05, 4.69) is 15.2 Å². The van der Waals surface area contributed by atoms with Crippen molar-refractivity contribution in [1.29, 1.82) is 0 Å². The predicted molar refractivity (Wildman–Crippen MR) is 116 cm³/mol. The smallest absolute Gasteiger partial charge is 0.224 e. The zero-order valence-electron chi connectivity index (χ0n) is 16.8. The fourth-order valence-corrected chi connectivity index (χ4v) is 4.04. The third kappa shape index (κ3) is 4.84. The molecule has 7 nitrogen and oxygen atoms in total. The lowest BCUT2D eigenvalue weighted by atomic mass is 10.0. The summed E-state index contributed by atoms with van der Waals surface area (Å²) in [5, 5.41) is 3.50. The van der Waals surface area contributed by atoms with E-state index in [9.17, 15) is 9.59 Å². The van der Waals surface area contributed by atoms with Gasteiger partial charge in [0.15, 0.2) is 0 Å². The van der Waals surface area contributed by atoms with E-state index in [1.807, 2.05) is 35.2 Å². The molecule has 4 rings (SSSR count). The number of hydrogen-bond donors (Lipinski definition) is 1. The number of carbonyl (C=O) groups is 2. The van der Waals surface area contributed by atoms with Crippen LogP contribution in [0, 0.1) is 0 Å². The van der Waals surface area contributed by atoms with Gasteiger partial charge in [-0.1, -0.05) is 11.6 Å². The molecule has 0 spiro atoms. The molecule has 0 bridgehead atoms. The van der Waals surface area contributed by atoms with Crippen LogP contribution < -0.4 is 15.0 Å². The molecule has 1 fully saturated rings. The molecule has 3 heterocycles. The van der Waals surface area contributed by atoms with Crippen LogP contribution in [0.5, 0.6) is 5.75 Å². The zero-order chi connectivity index (χ0) is 20.9. The second-order valence-electron chi connectivity index (χ2n) is 7.50. The molecule has 1 aromatic carbocycles. The first kappa shape index (κ1) is 20.5. The van der Waals surface area contributed by atoms with Crippen LogP contribution in [0.4, 0.5) is 11.5 Å². The molecule has 0 unspecified atom stereocenters. The van der Waals surface area contributed by atoms with Crippen LogP contribution in [-0.4, -0.2) is 54.5 Å². The van der Waals surface area contributed by atoms with Crippen molar-refractivity contribution in [3.05, 3.63) is 47.1 Å². The highest BCUT2D eigenvalue weighted by atomic mass is 35.5. The topological polar surface area (TPSA) is 74.8 Å². The SMILES string of the molecule is O=C1CCc2cc(OCCCC(=O)N3CCN(c4ncccc4Cl)CC3)ccc2N1. The number of fused-ring (bicyclic) bond motifs is 1. The van der Waals surface area contributed by atoms with Crippen molar-refractivity contribution in [3.8, 4) is 5.75 Å². The first-order valence-corrected chi connectivity index (χ1v) is 10.7. The van der Waals surface area contributed by atoms with Gasteiger partial charge in [0.05, 0.1) is 11.6 Å². The monoisotopic (exact) mass is 428 g/mol. The Kier molecular flexibility index (Phi) is 6.38. The summed E-state index contributed by atoms with van der Waals surface area (Å²) in [5.41, 5.74) is 1.95. The Morgan fingerprint density at radius 3 is 2.80 bits per heavy atom. The van der Waals surface area contributed by atoms with E-state index in [4.69, 9.17) is 16.3 Å². The molecular weight excluding hydrogens is 404 g/mol. The fourth-order valence-electron chi connectivity index (χ4n) is 3.80. The number of aromatic nitrogens is 1. The van der Waals surface area contributed by atoms with Gasteiger partial charge in [0.2, 0.25) is 11.8 Å². The highest BCUT2D eigenvalue weighted by Crippen LogP contribution is 2.27. The van der Waals surface area contributed by atoms with Crippen LogP contribution in [0.2, 0.25) is 5.02 Å². The van der Waals surface area contributed by atoms with Crippen molar-refractivity contribution in [2.45, 2.75) is 25.7 Å². The number of nitrogens with one attached hydrogen (secondary N) is 1. The number of nitrogens with zero attached hydrogens (tertiary/aromatic N) is 3. The first-order valence-electron chi connectivity index (χ1n) is 10.3. The summed E-state index contributed by atoms with van der Waals surface area (Å²) >= 11 is 6.22. The van der Waals surface area contributed by atoms with Crippen LogP contribution in [0.1, 0.15) is 24.8 Å². The van der Waals surface area contributed by atoms with Gasteiger partial charge < -0.3 is 19.9 Å². The van der Waals surface area contributed by atoms with Crippen LogP contribution >= 0.6 is 11.6 Å². The molecule has 0 atom stereocenters. The van der Waals surface area contributed by atoms with Crippen molar-refractivity contribution < 1.29 is 14.3 Å². The molecule has 0 aliphatic carbocycles. The van der Waals surface area contributed by atoms with E-state index < -0.39 is 0 Å². The molecular formula is C22H25ClN4O3. The number of benzene rings is 1. The lowest BCUT2D eigenvalue weighted by Crippen LogP contribution is -2.49. The maximum Gasteiger partial charge on any atom is 0.224 e. The average molecular weight is 429 g/mol. The highest BCUT2D eigenvalue weighted by molar-refractivity contribution is 6.32. The molecule has 2 aliphatic heterocycles. The van der Waals surface area contributed by atoms with Crippen LogP contribution in [-0.2, 0) is 16.0 Å². The normalized spacial score (nSPS) is 16.1. The van der Waals surface area contributed by atoms with Crippen molar-refractivity contribution >= 4 is 34.9 Å². The minimum Gasteiger partial charge on any atom is -0.494 e. The number of amides is 2. The summed E-state index contributed by atoms with van der Waals surface area (Å²) in [7, 11) is 0. The van der Waals surface area contributed by atoms with Gasteiger partial charge in [0.25, 0.3) is 0 Å². The Morgan fingerprint density at radius 1 is 1.17 bits per heavy atom. The van der Waals surface area contributed by atoms with Crippen molar-refractivity contribution in [2.75, 3.05) is 43.0 Å². The third-order valence-corrected chi connectivity index (χ3v) is 5.74. The fraction of sp³-hybridized carbons (Fsp3) is 0.409. The minimum absolute atomic E-state index is 0.0543. The maximum atomic E-state index is 12.5. The number of carbonyl (C=O) groups excluding carboxylic acids is 2. The number of hydrogen-bond acceptors (Lipinski definition) is 5. The standard InChI is InChI=1S/C22H25ClN4O3/c23-18-3-1-9-24-22(18)27-12-10-26(11-13-27)21(29)4-2-14-30-17-6-7-19-16(15-17)5-8-20(28)25-19/h1,3,6-7,9,15H,2,4-5,8,10-14H2,(H,25,28). The van der Waals surface area contributed by atoms with Gasteiger partial charge in [0.1, 0.15) is 11.6 Å². The molecule has 158 valence electrons. The van der Waals surface area contributed by atoms with Crippen LogP contribution in [0.15, 0.2) is 36.5 Å². The third-order valence-electron chi connectivity index (χ3n) is 5.45. The Hall–Kier alpha value is -2.80. The minimum atomic E-state index is 0.0543. The largest absolute Gasteiger partial charge is 0.494 e. The molecule has 2 aromatic rings. The Labute approximate surface area is 181 Å². The number of aryl methyl sites for hydroxylation is 1. The van der Waals surface area contributed by atoms with E-state index in [0.717, 1.165) is 42.3 Å². The first-order chi connectivity index (χ1) is 14.6. The van der Waals surface area contributed by atoms with Gasteiger partial charge >= 0.3 is 0 Å². The number of piperazine rings is 1. The summed E-state index contributed by atoms with van der Waals surface area (Å²) in [6.45, 7) is 3.28. The second kappa shape index (κ2) is 9.34. The molecule has 30 heavy (non-hydrogen) atoms. The van der Waals surface area contributed by atoms with Crippen molar-refractivity contribution in [3.63, 3.8) is 0 Å². The van der Waals surface area contributed by atoms with Gasteiger partial charge in [-0.05, 0) is 48.7 Å². The number of ether oxygens (including phenoxy) is 1. The number of anilines is 2. The second-order valence-corrected chi connectivity index (χ2v) is 7.90. The molecule has 8 heteroatoms. The quantitative estimate of drug-likeness (QED) is 0.715. The summed E-state index contributed by atoms with van der Waals surface area (Å²) in [4.78, 5) is 32.3. The van der Waals surface area contributed by atoms with E-state index in [1.54, 1.807) is 6.20 Å². The molecule has 1 aromatic heterocycles. The number of rotatable bonds is 6. The molecule has 2 aliphatic rings. The van der Waals surface area contributed by atoms with Crippen molar-refractivity contribution in [1.82, 2.24) is 9.88 Å². The lowest BCUT2D eigenvalue weighted by Gasteiger charge is -2.35. The Balaban J connectivity index is 1.19. The average Bonchev–Trinajstić information content (AvgIpc) is 2.77. The maximum absolute atomic E-state index is 12.5. The van der Waals surface area contributed by atoms with E-state index in [0.29, 0.717) is 44.0 Å². The molecule has 2 amide bonds. The molecule has 0 radical (unpaired) electrons. The summed E-state index contributed by atoms with van der Waals surface area (Å²) in [6, 6.07) is 9.35. The molecule has 0 saturated carbocycles. The highest BCUT2D eigenvalue weighted by Gasteiger charge is 2.22. The van der Waals surface area contributed by atoms with Gasteiger partial charge in [0, 0.05) is 50.9 Å². The summed E-state index contributed by atoms with van der Waals surface area (Å²) in [6.07, 6.45) is 4.10. The van der Waals surface area contributed by atoms with Gasteiger partial charge in [-0.3, -0.25) is 9.59 Å². The van der Waals surface area contributed by atoms with Crippen LogP contribution in [0.3, 0.4) is 0 Å². The molecule has 1 N–H and O–H groups in total. The predicted octanol–water partition coefficient (Wildman–Crippen LogP) is 3.13. The summed E-state index contributed by atoms with van der Waals surface area (Å²) < 4.78 is 5.81. The lowest BCUT2D eigenvalue weighted by molar-refractivity contribution is -0.131. The van der Waals surface area contributed by atoms with Crippen LogP contribution in [0.25, 0.3) is 0 Å². The zero-order valence-corrected chi connectivity index (χ0v) is 17.5. The van der Waals surface area contributed by atoms with Crippen molar-refractivity contribution in [2.24, 2.45) is 0 Å². The van der Waals surface area contributed by atoms with E-state index in [-0.39, 0.29) is 11.8 Å². The number of pyridine rings is 1. The number of halogens is 1. The Bertz CT molecular complexity index is 928.